The highest BCUT2D eigenvalue weighted by molar-refractivity contribution is 5.89. The Balaban J connectivity index is 1.96. The zero-order valence-corrected chi connectivity index (χ0v) is 13.5. The van der Waals surface area contributed by atoms with Gasteiger partial charge in [0.1, 0.15) is 0 Å². The number of halogens is 4. The average Bonchev–Trinajstić information content (AvgIpc) is 2.57. The lowest BCUT2D eigenvalue weighted by Gasteiger charge is -2.12. The fourth-order valence-corrected chi connectivity index (χ4v) is 2.81. The summed E-state index contributed by atoms with van der Waals surface area (Å²) in [5, 5.41) is 0.607. The van der Waals surface area contributed by atoms with Crippen LogP contribution in [0.2, 0.25) is 0 Å². The molecule has 0 amide bonds. The summed E-state index contributed by atoms with van der Waals surface area (Å²) in [7, 11) is 0. The van der Waals surface area contributed by atoms with E-state index in [-0.39, 0.29) is 5.39 Å². The van der Waals surface area contributed by atoms with Crippen LogP contribution in [0.5, 0.6) is 5.75 Å². The molecule has 0 fully saturated rings. The van der Waals surface area contributed by atoms with E-state index in [0.29, 0.717) is 5.39 Å². The van der Waals surface area contributed by atoms with Crippen molar-refractivity contribution in [2.75, 3.05) is 0 Å². The number of aryl methyl sites for hydroxylation is 1. The fourth-order valence-electron chi connectivity index (χ4n) is 2.81. The molecule has 0 saturated heterocycles. The van der Waals surface area contributed by atoms with E-state index in [0.717, 1.165) is 30.0 Å². The quantitative estimate of drug-likeness (QED) is 0.489. The van der Waals surface area contributed by atoms with Crippen LogP contribution in [0.1, 0.15) is 18.9 Å². The summed E-state index contributed by atoms with van der Waals surface area (Å²) in [5.74, 6) is -1.84. The van der Waals surface area contributed by atoms with Crippen LogP contribution in [0, 0.1) is 5.82 Å². The van der Waals surface area contributed by atoms with Gasteiger partial charge in [-0.1, -0.05) is 55.8 Å². The van der Waals surface area contributed by atoms with Crippen molar-refractivity contribution < 1.29 is 22.3 Å². The second kappa shape index (κ2) is 6.75. The third kappa shape index (κ3) is 3.92. The molecule has 0 N–H and O–H groups in total. The van der Waals surface area contributed by atoms with E-state index >= 15 is 0 Å². The average molecular weight is 348 g/mol. The molecule has 0 radical (unpaired) electrons. The molecule has 3 aromatic rings. The van der Waals surface area contributed by atoms with E-state index in [1.165, 1.54) is 17.7 Å². The van der Waals surface area contributed by atoms with Gasteiger partial charge in [-0.25, -0.2) is 4.39 Å². The van der Waals surface area contributed by atoms with Gasteiger partial charge < -0.3 is 4.74 Å². The highest BCUT2D eigenvalue weighted by atomic mass is 19.4. The van der Waals surface area contributed by atoms with Crippen LogP contribution in [-0.2, 0) is 6.42 Å². The molecule has 25 heavy (non-hydrogen) atoms. The molecule has 0 bridgehead atoms. The predicted octanol–water partition coefficient (Wildman–Crippen LogP) is 6.50. The Kier molecular flexibility index (Phi) is 4.66. The third-order valence-corrected chi connectivity index (χ3v) is 3.97. The van der Waals surface area contributed by atoms with Crippen molar-refractivity contribution in [2.45, 2.75) is 26.1 Å². The van der Waals surface area contributed by atoms with Gasteiger partial charge in [-0.2, -0.15) is 0 Å². The monoisotopic (exact) mass is 348 g/mol. The first-order valence-electron chi connectivity index (χ1n) is 7.94. The first kappa shape index (κ1) is 17.3. The molecule has 0 aliphatic carbocycles. The van der Waals surface area contributed by atoms with Crippen molar-refractivity contribution in [1.82, 2.24) is 0 Å². The van der Waals surface area contributed by atoms with E-state index in [1.807, 2.05) is 24.3 Å². The maximum absolute atomic E-state index is 14.2. The highest BCUT2D eigenvalue weighted by Gasteiger charge is 2.32. The molecule has 0 atom stereocenters. The first-order valence-corrected chi connectivity index (χ1v) is 7.94. The van der Waals surface area contributed by atoms with Gasteiger partial charge >= 0.3 is 6.36 Å². The van der Waals surface area contributed by atoms with E-state index in [9.17, 15) is 17.6 Å². The molecule has 130 valence electrons. The van der Waals surface area contributed by atoms with Gasteiger partial charge in [0.15, 0.2) is 11.6 Å². The summed E-state index contributed by atoms with van der Waals surface area (Å²) in [6.45, 7) is 2.11. The van der Waals surface area contributed by atoms with Crippen molar-refractivity contribution in [2.24, 2.45) is 0 Å². The van der Waals surface area contributed by atoms with Crippen LogP contribution >= 0.6 is 0 Å². The van der Waals surface area contributed by atoms with Crippen molar-refractivity contribution in [3.8, 4) is 16.9 Å². The van der Waals surface area contributed by atoms with E-state index < -0.39 is 17.9 Å². The summed E-state index contributed by atoms with van der Waals surface area (Å²) in [5.41, 5.74) is 3.09. The Morgan fingerprint density at radius 2 is 1.56 bits per heavy atom. The van der Waals surface area contributed by atoms with Crippen LogP contribution in [0.15, 0.2) is 54.6 Å². The number of fused-ring (bicyclic) bond motifs is 1. The molecule has 0 saturated carbocycles. The molecule has 0 aliphatic heterocycles. The number of alkyl halides is 3. The minimum atomic E-state index is -4.92. The molecule has 0 aromatic heterocycles. The normalized spacial score (nSPS) is 11.7. The molecule has 0 aliphatic rings. The molecule has 1 nitrogen and oxygen atoms in total. The van der Waals surface area contributed by atoms with Crippen molar-refractivity contribution in [3.63, 3.8) is 0 Å². The van der Waals surface area contributed by atoms with Gasteiger partial charge in [0.2, 0.25) is 0 Å². The molecule has 3 aromatic carbocycles. The zero-order chi connectivity index (χ0) is 18.0. The van der Waals surface area contributed by atoms with Gasteiger partial charge in [-0.3, -0.25) is 0 Å². The lowest BCUT2D eigenvalue weighted by Crippen LogP contribution is -2.17. The second-order valence-electron chi connectivity index (χ2n) is 5.81. The molecule has 0 spiro atoms. The third-order valence-electron chi connectivity index (χ3n) is 3.97. The molecule has 0 unspecified atom stereocenters. The SMILES string of the molecule is CCCc1ccc(-c2ccc3c(F)c(OC(F)(F)F)ccc3c2)cc1. The van der Waals surface area contributed by atoms with Gasteiger partial charge in [0.05, 0.1) is 0 Å². The lowest BCUT2D eigenvalue weighted by molar-refractivity contribution is -0.275. The molecule has 0 heterocycles. The van der Waals surface area contributed by atoms with Crippen LogP contribution in [0.3, 0.4) is 0 Å². The van der Waals surface area contributed by atoms with Gasteiger partial charge in [0.25, 0.3) is 0 Å². The number of hydrogen-bond acceptors (Lipinski definition) is 1. The summed E-state index contributed by atoms with van der Waals surface area (Å²) in [6.07, 6.45) is -2.85. The molecule has 5 heteroatoms. The van der Waals surface area contributed by atoms with Crippen molar-refractivity contribution in [1.29, 1.82) is 0 Å². The molecular formula is C20H16F4O. The predicted molar refractivity (Wildman–Crippen MR) is 90.0 cm³/mol. The Hall–Kier alpha value is -2.56. The topological polar surface area (TPSA) is 9.23 Å². The molecule has 3 rings (SSSR count). The Morgan fingerprint density at radius 3 is 2.20 bits per heavy atom. The second-order valence-corrected chi connectivity index (χ2v) is 5.81. The van der Waals surface area contributed by atoms with E-state index in [2.05, 4.69) is 11.7 Å². The number of hydrogen-bond donors (Lipinski definition) is 0. The summed E-state index contributed by atoms with van der Waals surface area (Å²) >= 11 is 0. The maximum atomic E-state index is 14.2. The largest absolute Gasteiger partial charge is 0.573 e. The molecular weight excluding hydrogens is 332 g/mol. The van der Waals surface area contributed by atoms with E-state index in [1.54, 1.807) is 12.1 Å². The summed E-state index contributed by atoms with van der Waals surface area (Å²) < 4.78 is 54.9. The zero-order valence-electron chi connectivity index (χ0n) is 13.5. The number of ether oxygens (including phenoxy) is 1. The minimum absolute atomic E-state index is 0.0908. The first-order chi connectivity index (χ1) is 11.9. The Bertz CT molecular complexity index is 883. The minimum Gasteiger partial charge on any atom is -0.403 e. The van der Waals surface area contributed by atoms with Gasteiger partial charge in [-0.15, -0.1) is 13.2 Å². The number of rotatable bonds is 4. The summed E-state index contributed by atoms with van der Waals surface area (Å²) in [4.78, 5) is 0. The fraction of sp³-hybridized carbons (Fsp3) is 0.200. The smallest absolute Gasteiger partial charge is 0.403 e. The van der Waals surface area contributed by atoms with Crippen LogP contribution in [0.4, 0.5) is 17.6 Å². The van der Waals surface area contributed by atoms with Gasteiger partial charge in [0, 0.05) is 5.39 Å². The van der Waals surface area contributed by atoms with Crippen molar-refractivity contribution in [3.05, 3.63) is 66.0 Å². The standard InChI is InChI=1S/C20H16F4O/c1-2-3-13-4-6-14(7-5-13)15-8-10-17-16(12-15)9-11-18(19(17)21)25-20(22,23)24/h4-12H,2-3H2,1H3. The highest BCUT2D eigenvalue weighted by Crippen LogP contribution is 2.33. The Morgan fingerprint density at radius 1 is 0.880 bits per heavy atom. The van der Waals surface area contributed by atoms with Crippen LogP contribution < -0.4 is 4.74 Å². The van der Waals surface area contributed by atoms with Crippen LogP contribution in [0.25, 0.3) is 21.9 Å². The lowest BCUT2D eigenvalue weighted by atomic mass is 9.99. The van der Waals surface area contributed by atoms with Gasteiger partial charge in [-0.05, 0) is 40.6 Å². The van der Waals surface area contributed by atoms with Crippen LogP contribution in [-0.4, -0.2) is 6.36 Å². The summed E-state index contributed by atoms with van der Waals surface area (Å²) in [6, 6.07) is 15.4. The van der Waals surface area contributed by atoms with Crippen molar-refractivity contribution >= 4 is 10.8 Å². The van der Waals surface area contributed by atoms with E-state index in [4.69, 9.17) is 0 Å². The maximum Gasteiger partial charge on any atom is 0.573 e. The number of benzene rings is 3. The Labute approximate surface area is 142 Å².